The van der Waals surface area contributed by atoms with Crippen LogP contribution in [0.5, 0.6) is 0 Å². The van der Waals surface area contributed by atoms with Gasteiger partial charge in [-0.1, -0.05) is 20.8 Å². The van der Waals surface area contributed by atoms with Crippen LogP contribution in [0.25, 0.3) is 0 Å². The van der Waals surface area contributed by atoms with E-state index in [1.807, 2.05) is 6.92 Å². The third-order valence-corrected chi connectivity index (χ3v) is 4.80. The van der Waals surface area contributed by atoms with Crippen molar-refractivity contribution >= 4 is 11.8 Å². The number of hydroxylamine groups is 1. The summed E-state index contributed by atoms with van der Waals surface area (Å²) in [7, 11) is 0. The highest BCUT2D eigenvalue weighted by Crippen LogP contribution is 2.07. The molecule has 0 aliphatic heterocycles. The third kappa shape index (κ3) is 20.4. The van der Waals surface area contributed by atoms with Crippen LogP contribution in [-0.4, -0.2) is 64.6 Å². The number of rotatable bonds is 23. The van der Waals surface area contributed by atoms with Crippen LogP contribution < -0.4 is 10.8 Å². The number of carbonyl (C=O) groups excluding carboxylic acids is 2. The van der Waals surface area contributed by atoms with E-state index < -0.39 is 0 Å². The fourth-order valence-electron chi connectivity index (χ4n) is 2.84. The van der Waals surface area contributed by atoms with Gasteiger partial charge in [-0.2, -0.15) is 0 Å². The molecule has 2 N–H and O–H groups in total. The normalized spacial score (nSPS) is 11.1. The minimum absolute atomic E-state index is 0.0827. The molecule has 0 heterocycles. The summed E-state index contributed by atoms with van der Waals surface area (Å²) in [5.41, 5.74) is 2.42. The Bertz CT molecular complexity index is 419. The third-order valence-electron chi connectivity index (χ3n) is 4.80. The van der Waals surface area contributed by atoms with Crippen molar-refractivity contribution in [3.05, 3.63) is 0 Å². The number of nitrogens with one attached hydrogen (secondary N) is 2. The van der Waals surface area contributed by atoms with Gasteiger partial charge in [0.1, 0.15) is 0 Å². The molecule has 31 heavy (non-hydrogen) atoms. The van der Waals surface area contributed by atoms with Crippen LogP contribution in [0.2, 0.25) is 0 Å². The fraction of sp³-hybridized carbons (Fsp3) is 0.913. The van der Waals surface area contributed by atoms with Gasteiger partial charge in [0.25, 0.3) is 0 Å². The first-order valence-electron chi connectivity index (χ1n) is 12.1. The Hall–Kier alpha value is -1.22. The van der Waals surface area contributed by atoms with Crippen LogP contribution in [-0.2, 0) is 28.6 Å². The minimum atomic E-state index is -0.0827. The van der Waals surface area contributed by atoms with Crippen molar-refractivity contribution in [1.82, 2.24) is 10.8 Å². The second-order valence-corrected chi connectivity index (χ2v) is 7.53. The largest absolute Gasteiger partial charge is 0.379 e. The molecular formula is C23H46N2O6. The number of unbranched alkanes of at least 4 members (excludes halogenated alkanes) is 3. The molecule has 0 aromatic rings. The van der Waals surface area contributed by atoms with Gasteiger partial charge in [0.15, 0.2) is 0 Å². The molecule has 0 unspecified atom stereocenters. The van der Waals surface area contributed by atoms with Gasteiger partial charge in [0.05, 0.1) is 33.0 Å². The van der Waals surface area contributed by atoms with Crippen molar-refractivity contribution in [1.29, 1.82) is 0 Å². The van der Waals surface area contributed by atoms with Crippen molar-refractivity contribution in [3.8, 4) is 0 Å². The predicted octanol–water partition coefficient (Wildman–Crippen LogP) is 3.39. The van der Waals surface area contributed by atoms with Gasteiger partial charge in [0, 0.05) is 32.1 Å². The Labute approximate surface area is 189 Å². The maximum atomic E-state index is 11.8. The van der Waals surface area contributed by atoms with Crippen LogP contribution in [0, 0.1) is 5.92 Å². The van der Waals surface area contributed by atoms with E-state index in [-0.39, 0.29) is 17.7 Å². The van der Waals surface area contributed by atoms with Gasteiger partial charge < -0.3 is 19.5 Å². The Morgan fingerprint density at radius 1 is 0.710 bits per heavy atom. The summed E-state index contributed by atoms with van der Waals surface area (Å²) in [5.74, 6) is 0.251. The monoisotopic (exact) mass is 446 g/mol. The first kappa shape index (κ1) is 29.8. The van der Waals surface area contributed by atoms with Gasteiger partial charge in [-0.3, -0.25) is 14.4 Å². The molecular weight excluding hydrogens is 400 g/mol. The van der Waals surface area contributed by atoms with Crippen molar-refractivity contribution in [2.75, 3.05) is 52.8 Å². The van der Waals surface area contributed by atoms with Gasteiger partial charge in [0.2, 0.25) is 11.8 Å². The second kappa shape index (κ2) is 23.4. The second-order valence-electron chi connectivity index (χ2n) is 7.53. The molecule has 0 bridgehead atoms. The minimum Gasteiger partial charge on any atom is -0.379 e. The summed E-state index contributed by atoms with van der Waals surface area (Å²) in [5, 5.41) is 3.01. The molecule has 0 spiro atoms. The molecule has 0 aliphatic carbocycles. The highest BCUT2D eigenvalue weighted by molar-refractivity contribution is 5.78. The molecule has 0 aromatic heterocycles. The first-order valence-corrected chi connectivity index (χ1v) is 12.1. The Morgan fingerprint density at radius 3 is 1.87 bits per heavy atom. The Kier molecular flexibility index (Phi) is 22.5. The molecule has 8 nitrogen and oxygen atoms in total. The van der Waals surface area contributed by atoms with Crippen molar-refractivity contribution in [3.63, 3.8) is 0 Å². The molecule has 0 aromatic carbocycles. The van der Waals surface area contributed by atoms with Crippen molar-refractivity contribution < 1.29 is 28.6 Å². The number of hydrogen-bond acceptors (Lipinski definition) is 6. The summed E-state index contributed by atoms with van der Waals surface area (Å²) in [6.45, 7) is 11.0. The molecule has 0 rings (SSSR count). The summed E-state index contributed by atoms with van der Waals surface area (Å²) in [6, 6.07) is 0. The topological polar surface area (TPSA) is 95.1 Å². The van der Waals surface area contributed by atoms with Crippen molar-refractivity contribution in [2.24, 2.45) is 5.92 Å². The predicted molar refractivity (Wildman–Crippen MR) is 122 cm³/mol. The van der Waals surface area contributed by atoms with Crippen LogP contribution >= 0.6 is 0 Å². The molecule has 0 radical (unpaired) electrons. The number of hydrogen-bond donors (Lipinski definition) is 2. The summed E-state index contributed by atoms with van der Waals surface area (Å²) in [6.07, 6.45) is 7.78. The van der Waals surface area contributed by atoms with E-state index in [0.717, 1.165) is 64.5 Å². The van der Waals surface area contributed by atoms with Crippen LogP contribution in [0.15, 0.2) is 0 Å². The highest BCUT2D eigenvalue weighted by atomic mass is 16.6. The smallest absolute Gasteiger partial charge is 0.243 e. The average Bonchev–Trinajstić information content (AvgIpc) is 2.77. The van der Waals surface area contributed by atoms with E-state index >= 15 is 0 Å². The van der Waals surface area contributed by atoms with E-state index in [9.17, 15) is 9.59 Å². The van der Waals surface area contributed by atoms with E-state index in [1.165, 1.54) is 0 Å². The van der Waals surface area contributed by atoms with Crippen LogP contribution in [0.3, 0.4) is 0 Å². The maximum absolute atomic E-state index is 11.8. The highest BCUT2D eigenvalue weighted by Gasteiger charge is 2.12. The molecule has 0 fully saturated rings. The molecule has 0 aliphatic rings. The van der Waals surface area contributed by atoms with E-state index in [4.69, 9.17) is 19.0 Å². The number of carbonyl (C=O) groups is 2. The van der Waals surface area contributed by atoms with Crippen LogP contribution in [0.4, 0.5) is 0 Å². The zero-order valence-corrected chi connectivity index (χ0v) is 20.0. The number of ether oxygens (including phenoxy) is 3. The molecule has 8 heteroatoms. The van der Waals surface area contributed by atoms with E-state index in [1.54, 1.807) is 0 Å². The quantitative estimate of drug-likeness (QED) is 0.185. The molecule has 0 atom stereocenters. The average molecular weight is 447 g/mol. The van der Waals surface area contributed by atoms with Gasteiger partial charge in [-0.05, 0) is 51.4 Å². The molecule has 2 amide bonds. The Morgan fingerprint density at radius 2 is 1.29 bits per heavy atom. The molecule has 0 saturated heterocycles. The summed E-state index contributed by atoms with van der Waals surface area (Å²) in [4.78, 5) is 28.2. The zero-order chi connectivity index (χ0) is 23.0. The lowest BCUT2D eigenvalue weighted by atomic mass is 10.0. The van der Waals surface area contributed by atoms with E-state index in [2.05, 4.69) is 24.6 Å². The van der Waals surface area contributed by atoms with Gasteiger partial charge >= 0.3 is 0 Å². The van der Waals surface area contributed by atoms with E-state index in [0.29, 0.717) is 46.1 Å². The van der Waals surface area contributed by atoms with Gasteiger partial charge in [-0.15, -0.1) is 0 Å². The zero-order valence-electron chi connectivity index (χ0n) is 20.0. The first-order chi connectivity index (χ1) is 15.2. The lowest BCUT2D eigenvalue weighted by molar-refractivity contribution is -0.133. The molecule has 184 valence electrons. The van der Waals surface area contributed by atoms with Gasteiger partial charge in [-0.25, -0.2) is 5.48 Å². The Balaban J connectivity index is 3.20. The number of amides is 2. The summed E-state index contributed by atoms with van der Waals surface area (Å²) >= 11 is 0. The lowest BCUT2D eigenvalue weighted by Gasteiger charge is -2.12. The lowest BCUT2D eigenvalue weighted by Crippen LogP contribution is -2.30. The maximum Gasteiger partial charge on any atom is 0.243 e. The molecule has 0 saturated carbocycles. The van der Waals surface area contributed by atoms with Crippen molar-refractivity contribution in [2.45, 2.75) is 78.6 Å². The SMILES string of the molecule is CCCONC(=O)CCCCOCCOCCOCCCCCNC(=O)C(CC)CC. The fourth-order valence-corrected chi connectivity index (χ4v) is 2.84. The van der Waals surface area contributed by atoms with Crippen LogP contribution in [0.1, 0.15) is 78.6 Å². The summed E-state index contributed by atoms with van der Waals surface area (Å²) < 4.78 is 16.5. The standard InChI is InChI=1S/C23H46N2O6/c1-4-14-31-25-22(26)12-8-11-16-29-18-20-30-19-17-28-15-10-7-9-13-24-23(27)21(5-2)6-3/h21H,4-20H2,1-3H3,(H,24,27)(H,25,26).